The number of amides is 1. The van der Waals surface area contributed by atoms with Crippen molar-refractivity contribution in [1.29, 1.82) is 0 Å². The third-order valence-electron chi connectivity index (χ3n) is 5.37. The van der Waals surface area contributed by atoms with Gasteiger partial charge in [-0.2, -0.15) is 0 Å². The van der Waals surface area contributed by atoms with Gasteiger partial charge >= 0.3 is 5.97 Å². The molecular formula is C26H26N2O3. The van der Waals surface area contributed by atoms with Crippen molar-refractivity contribution < 1.29 is 14.3 Å². The molecule has 1 aliphatic heterocycles. The van der Waals surface area contributed by atoms with Gasteiger partial charge in [-0.15, -0.1) is 0 Å². The monoisotopic (exact) mass is 414 g/mol. The lowest BCUT2D eigenvalue weighted by atomic mass is 10.0. The molecule has 1 aliphatic rings. The summed E-state index contributed by atoms with van der Waals surface area (Å²) in [5.74, 6) is -0.650. The molecule has 0 saturated heterocycles. The highest BCUT2D eigenvalue weighted by Gasteiger charge is 2.29. The number of aromatic nitrogens is 1. The molecule has 1 amide bonds. The summed E-state index contributed by atoms with van der Waals surface area (Å²) >= 11 is 0. The van der Waals surface area contributed by atoms with E-state index in [1.807, 2.05) is 82.3 Å². The van der Waals surface area contributed by atoms with Gasteiger partial charge in [0, 0.05) is 29.2 Å². The van der Waals surface area contributed by atoms with Gasteiger partial charge in [-0.1, -0.05) is 30.3 Å². The molecule has 5 heteroatoms. The quantitative estimate of drug-likeness (QED) is 0.540. The van der Waals surface area contributed by atoms with Crippen LogP contribution in [0.15, 0.2) is 67.0 Å². The van der Waals surface area contributed by atoms with Gasteiger partial charge in [0.25, 0.3) is 5.91 Å². The standard InChI is InChI=1S/C26H26N2O3/c1-17(25(30)31-26(2,3)4)18-9-11-22(12-10-18)28-16-21-8-7-19(14-23(21)24(28)29)20-6-5-13-27-15-20/h5-15,17H,16H2,1-4H3. The molecule has 0 fully saturated rings. The Morgan fingerprint density at radius 1 is 1.06 bits per heavy atom. The topological polar surface area (TPSA) is 59.5 Å². The Labute approximate surface area is 182 Å². The van der Waals surface area contributed by atoms with Crippen LogP contribution >= 0.6 is 0 Å². The lowest BCUT2D eigenvalue weighted by Gasteiger charge is -2.23. The summed E-state index contributed by atoms with van der Waals surface area (Å²) in [4.78, 5) is 31.4. The normalized spacial score (nSPS) is 14.3. The molecule has 1 atom stereocenters. The van der Waals surface area contributed by atoms with E-state index in [2.05, 4.69) is 4.98 Å². The predicted molar refractivity (Wildman–Crippen MR) is 121 cm³/mol. The van der Waals surface area contributed by atoms with E-state index in [9.17, 15) is 9.59 Å². The van der Waals surface area contributed by atoms with Crippen molar-refractivity contribution in [3.8, 4) is 11.1 Å². The summed E-state index contributed by atoms with van der Waals surface area (Å²) in [6.45, 7) is 7.94. The van der Waals surface area contributed by atoms with E-state index in [0.717, 1.165) is 27.9 Å². The number of benzene rings is 2. The molecule has 2 aromatic carbocycles. The number of nitrogens with zero attached hydrogens (tertiary/aromatic N) is 2. The maximum Gasteiger partial charge on any atom is 0.313 e. The number of carbonyl (C=O) groups is 2. The van der Waals surface area contributed by atoms with Crippen molar-refractivity contribution in [2.75, 3.05) is 4.90 Å². The number of anilines is 1. The Morgan fingerprint density at radius 3 is 2.45 bits per heavy atom. The van der Waals surface area contributed by atoms with E-state index in [-0.39, 0.29) is 17.8 Å². The minimum Gasteiger partial charge on any atom is -0.460 e. The summed E-state index contributed by atoms with van der Waals surface area (Å²) in [7, 11) is 0. The van der Waals surface area contributed by atoms with Crippen LogP contribution in [0.4, 0.5) is 5.69 Å². The van der Waals surface area contributed by atoms with Gasteiger partial charge in [0.2, 0.25) is 0 Å². The molecule has 5 nitrogen and oxygen atoms in total. The maximum absolute atomic E-state index is 13.1. The molecule has 0 bridgehead atoms. The predicted octanol–water partition coefficient (Wildman–Crippen LogP) is 5.35. The Balaban J connectivity index is 1.52. The Morgan fingerprint density at radius 2 is 1.81 bits per heavy atom. The zero-order valence-electron chi connectivity index (χ0n) is 18.3. The molecule has 0 spiro atoms. The number of rotatable bonds is 4. The van der Waals surface area contributed by atoms with Gasteiger partial charge < -0.3 is 9.64 Å². The fourth-order valence-electron chi connectivity index (χ4n) is 3.69. The summed E-state index contributed by atoms with van der Waals surface area (Å²) in [5.41, 5.74) is 4.83. The Kier molecular flexibility index (Phi) is 5.36. The summed E-state index contributed by atoms with van der Waals surface area (Å²) in [6, 6.07) is 17.4. The first-order chi connectivity index (χ1) is 14.7. The van der Waals surface area contributed by atoms with Crippen LogP contribution in [0.25, 0.3) is 11.1 Å². The molecule has 2 heterocycles. The van der Waals surface area contributed by atoms with Gasteiger partial charge in [-0.3, -0.25) is 14.6 Å². The highest BCUT2D eigenvalue weighted by Crippen LogP contribution is 2.32. The van der Waals surface area contributed by atoms with Crippen LogP contribution in [-0.2, 0) is 16.1 Å². The molecule has 0 radical (unpaired) electrons. The second kappa shape index (κ2) is 7.99. The van der Waals surface area contributed by atoms with Crippen molar-refractivity contribution in [1.82, 2.24) is 4.98 Å². The van der Waals surface area contributed by atoms with Crippen LogP contribution in [0.5, 0.6) is 0 Å². The molecule has 158 valence electrons. The molecule has 1 aromatic heterocycles. The van der Waals surface area contributed by atoms with Crippen LogP contribution in [0.2, 0.25) is 0 Å². The van der Waals surface area contributed by atoms with E-state index in [1.165, 1.54) is 0 Å². The van der Waals surface area contributed by atoms with Crippen molar-refractivity contribution in [2.24, 2.45) is 0 Å². The van der Waals surface area contributed by atoms with Crippen LogP contribution in [-0.4, -0.2) is 22.5 Å². The number of hydrogen-bond acceptors (Lipinski definition) is 4. The van der Waals surface area contributed by atoms with E-state index in [4.69, 9.17) is 4.74 Å². The van der Waals surface area contributed by atoms with Gasteiger partial charge in [0.05, 0.1) is 12.5 Å². The van der Waals surface area contributed by atoms with E-state index < -0.39 is 5.60 Å². The van der Waals surface area contributed by atoms with Crippen molar-refractivity contribution in [2.45, 2.75) is 45.8 Å². The second-order valence-electron chi connectivity index (χ2n) is 8.85. The minimum absolute atomic E-state index is 0.0197. The van der Waals surface area contributed by atoms with Crippen molar-refractivity contribution in [3.63, 3.8) is 0 Å². The minimum atomic E-state index is -0.520. The van der Waals surface area contributed by atoms with Gasteiger partial charge in [0.1, 0.15) is 5.60 Å². The number of pyridine rings is 1. The zero-order chi connectivity index (χ0) is 22.2. The van der Waals surface area contributed by atoms with E-state index in [0.29, 0.717) is 12.1 Å². The average molecular weight is 415 g/mol. The van der Waals surface area contributed by atoms with Gasteiger partial charge in [0.15, 0.2) is 0 Å². The lowest BCUT2D eigenvalue weighted by Crippen LogP contribution is -2.27. The largest absolute Gasteiger partial charge is 0.460 e. The zero-order valence-corrected chi connectivity index (χ0v) is 18.3. The lowest BCUT2D eigenvalue weighted by molar-refractivity contribution is -0.156. The summed E-state index contributed by atoms with van der Waals surface area (Å²) < 4.78 is 5.48. The highest BCUT2D eigenvalue weighted by molar-refractivity contribution is 6.10. The fourth-order valence-corrected chi connectivity index (χ4v) is 3.69. The average Bonchev–Trinajstić information content (AvgIpc) is 3.08. The first-order valence-electron chi connectivity index (χ1n) is 10.4. The molecule has 0 aliphatic carbocycles. The first-order valence-corrected chi connectivity index (χ1v) is 10.4. The molecule has 4 rings (SSSR count). The second-order valence-corrected chi connectivity index (χ2v) is 8.85. The number of carbonyl (C=O) groups excluding carboxylic acids is 2. The Bertz CT molecular complexity index is 1120. The highest BCUT2D eigenvalue weighted by atomic mass is 16.6. The molecule has 0 N–H and O–H groups in total. The molecule has 1 unspecified atom stereocenters. The number of hydrogen-bond donors (Lipinski definition) is 0. The van der Waals surface area contributed by atoms with Crippen LogP contribution in [0.3, 0.4) is 0 Å². The van der Waals surface area contributed by atoms with Gasteiger partial charge in [-0.05, 0) is 68.7 Å². The fraction of sp³-hybridized carbons (Fsp3) is 0.269. The SMILES string of the molecule is CC(C(=O)OC(C)(C)C)c1ccc(N2Cc3ccc(-c4cccnc4)cc3C2=O)cc1. The number of fused-ring (bicyclic) bond motifs is 1. The van der Waals surface area contributed by atoms with Crippen LogP contribution < -0.4 is 4.90 Å². The van der Waals surface area contributed by atoms with Crippen LogP contribution in [0, 0.1) is 0 Å². The van der Waals surface area contributed by atoms with Crippen molar-refractivity contribution >= 4 is 17.6 Å². The summed E-state index contributed by atoms with van der Waals surface area (Å²) in [6.07, 6.45) is 3.53. The molecule has 3 aromatic rings. The van der Waals surface area contributed by atoms with E-state index in [1.54, 1.807) is 17.3 Å². The van der Waals surface area contributed by atoms with Crippen molar-refractivity contribution in [3.05, 3.63) is 83.7 Å². The first kappa shape index (κ1) is 20.8. The van der Waals surface area contributed by atoms with E-state index >= 15 is 0 Å². The molecule has 0 saturated carbocycles. The molecular weight excluding hydrogens is 388 g/mol. The molecule has 31 heavy (non-hydrogen) atoms. The Hall–Kier alpha value is -3.47. The van der Waals surface area contributed by atoms with Crippen LogP contribution in [0.1, 0.15) is 55.1 Å². The third kappa shape index (κ3) is 4.36. The number of ether oxygens (including phenoxy) is 1. The third-order valence-corrected chi connectivity index (χ3v) is 5.37. The maximum atomic E-state index is 13.1. The number of esters is 1. The smallest absolute Gasteiger partial charge is 0.313 e. The van der Waals surface area contributed by atoms with Gasteiger partial charge in [-0.25, -0.2) is 0 Å². The summed E-state index contributed by atoms with van der Waals surface area (Å²) in [5, 5.41) is 0.